The molecule has 0 bridgehead atoms. The number of nitrogen functional groups attached to an aromatic ring is 1. The van der Waals surface area contributed by atoms with Crippen LogP contribution in [0.15, 0.2) is 33.2 Å². The normalized spacial score (nSPS) is 10.5. The smallest absolute Gasteiger partial charge is 0.158 e. The van der Waals surface area contributed by atoms with Crippen LogP contribution in [0, 0.1) is 0 Å². The Balaban J connectivity index is 2.30. The summed E-state index contributed by atoms with van der Waals surface area (Å²) in [5.41, 5.74) is 3.41. The van der Waals surface area contributed by atoms with Crippen molar-refractivity contribution in [3.05, 3.63) is 39.0 Å². The molecule has 0 amide bonds. The molecule has 0 fully saturated rings. The van der Waals surface area contributed by atoms with Crippen molar-refractivity contribution in [2.45, 2.75) is 13.5 Å². The minimum atomic E-state index is 0.331. The Morgan fingerprint density at radius 3 is 2.48 bits per heavy atom. The molecule has 2 aromatic rings. The fourth-order valence-electron chi connectivity index (χ4n) is 1.64. The summed E-state index contributed by atoms with van der Waals surface area (Å²) in [4.78, 5) is 8.65. The molecule has 6 nitrogen and oxygen atoms in total. The molecule has 0 unspecified atom stereocenters. The van der Waals surface area contributed by atoms with E-state index in [9.17, 15) is 0 Å². The molecule has 2 rings (SSSR count). The van der Waals surface area contributed by atoms with Gasteiger partial charge in [-0.05, 0) is 50.9 Å². The highest BCUT2D eigenvalue weighted by Crippen LogP contribution is 2.32. The maximum atomic E-state index is 5.44. The van der Waals surface area contributed by atoms with Crippen LogP contribution in [-0.2, 0) is 11.3 Å². The number of nitrogens with two attached hydrogens (primary N) is 1. The Hall–Kier alpha value is -1.22. The van der Waals surface area contributed by atoms with Crippen LogP contribution in [0.4, 0.5) is 17.3 Å². The van der Waals surface area contributed by atoms with Gasteiger partial charge in [-0.25, -0.2) is 15.8 Å². The minimum Gasteiger partial charge on any atom is -0.374 e. The second-order valence-corrected chi connectivity index (χ2v) is 5.77. The van der Waals surface area contributed by atoms with Crippen LogP contribution in [0.3, 0.4) is 0 Å². The molecule has 1 aromatic carbocycles. The van der Waals surface area contributed by atoms with E-state index in [-0.39, 0.29) is 0 Å². The van der Waals surface area contributed by atoms with E-state index in [0.29, 0.717) is 30.7 Å². The molecule has 0 saturated heterocycles. The molecule has 0 spiro atoms. The number of para-hydroxylation sites is 1. The van der Waals surface area contributed by atoms with Crippen LogP contribution >= 0.6 is 31.9 Å². The van der Waals surface area contributed by atoms with Crippen molar-refractivity contribution < 1.29 is 4.74 Å². The summed E-state index contributed by atoms with van der Waals surface area (Å²) in [7, 11) is 0. The zero-order valence-electron chi connectivity index (χ0n) is 11.4. The third-order valence-corrected chi connectivity index (χ3v) is 3.89. The highest BCUT2D eigenvalue weighted by Gasteiger charge is 2.09. The highest BCUT2D eigenvalue weighted by atomic mass is 79.9. The average molecular weight is 417 g/mol. The Labute approximate surface area is 139 Å². The van der Waals surface area contributed by atoms with Gasteiger partial charge in [0.1, 0.15) is 18.2 Å². The van der Waals surface area contributed by atoms with Gasteiger partial charge in [0.2, 0.25) is 0 Å². The number of rotatable bonds is 6. The van der Waals surface area contributed by atoms with Crippen molar-refractivity contribution in [2.24, 2.45) is 5.84 Å². The Morgan fingerprint density at radius 2 is 1.86 bits per heavy atom. The van der Waals surface area contributed by atoms with Crippen molar-refractivity contribution in [1.29, 1.82) is 0 Å². The lowest BCUT2D eigenvalue weighted by atomic mass is 10.3. The Kier molecular flexibility index (Phi) is 5.92. The van der Waals surface area contributed by atoms with E-state index in [4.69, 9.17) is 10.6 Å². The van der Waals surface area contributed by atoms with Crippen molar-refractivity contribution in [1.82, 2.24) is 9.97 Å². The van der Waals surface area contributed by atoms with E-state index < -0.39 is 0 Å². The van der Waals surface area contributed by atoms with Crippen molar-refractivity contribution in [3.8, 4) is 0 Å². The second kappa shape index (κ2) is 7.69. The van der Waals surface area contributed by atoms with Gasteiger partial charge in [-0.2, -0.15) is 0 Å². The summed E-state index contributed by atoms with van der Waals surface area (Å²) in [5.74, 6) is 7.14. The van der Waals surface area contributed by atoms with Crippen LogP contribution < -0.4 is 16.6 Å². The Morgan fingerprint density at radius 1 is 1.19 bits per heavy atom. The number of hydrazine groups is 1. The SMILES string of the molecule is CCOCc1nc(NN)cc(Nc2c(Br)cccc2Br)n1. The van der Waals surface area contributed by atoms with E-state index in [1.807, 2.05) is 25.1 Å². The first-order valence-corrected chi connectivity index (χ1v) is 7.86. The molecule has 8 heteroatoms. The zero-order chi connectivity index (χ0) is 15.2. The van der Waals surface area contributed by atoms with Gasteiger partial charge in [0.15, 0.2) is 5.82 Å². The third-order valence-electron chi connectivity index (χ3n) is 2.57. The maximum absolute atomic E-state index is 5.44. The predicted molar refractivity (Wildman–Crippen MR) is 90.3 cm³/mol. The number of hydrogen-bond acceptors (Lipinski definition) is 6. The first-order valence-electron chi connectivity index (χ1n) is 6.27. The van der Waals surface area contributed by atoms with E-state index in [2.05, 4.69) is 52.6 Å². The van der Waals surface area contributed by atoms with Gasteiger partial charge >= 0.3 is 0 Å². The van der Waals surface area contributed by atoms with Crippen molar-refractivity contribution in [2.75, 3.05) is 17.3 Å². The lowest BCUT2D eigenvalue weighted by Crippen LogP contribution is -2.12. The molecule has 112 valence electrons. The van der Waals surface area contributed by atoms with Crippen LogP contribution in [0.1, 0.15) is 12.7 Å². The highest BCUT2D eigenvalue weighted by molar-refractivity contribution is 9.11. The molecule has 4 N–H and O–H groups in total. The summed E-state index contributed by atoms with van der Waals surface area (Å²) in [5, 5.41) is 3.24. The number of anilines is 3. The van der Waals surface area contributed by atoms with Gasteiger partial charge in [-0.1, -0.05) is 6.07 Å². The fraction of sp³-hybridized carbons (Fsp3) is 0.231. The number of aromatic nitrogens is 2. The molecule has 0 aliphatic rings. The van der Waals surface area contributed by atoms with Crippen molar-refractivity contribution in [3.63, 3.8) is 0 Å². The first-order chi connectivity index (χ1) is 10.1. The van der Waals surface area contributed by atoms with Crippen LogP contribution in [0.25, 0.3) is 0 Å². The molecule has 0 atom stereocenters. The van der Waals surface area contributed by atoms with Gasteiger partial charge in [0.25, 0.3) is 0 Å². The lowest BCUT2D eigenvalue weighted by molar-refractivity contribution is 0.128. The van der Waals surface area contributed by atoms with E-state index in [0.717, 1.165) is 14.6 Å². The first kappa shape index (κ1) is 16.2. The van der Waals surface area contributed by atoms with Crippen LogP contribution in [0.2, 0.25) is 0 Å². The molecular weight excluding hydrogens is 402 g/mol. The number of ether oxygens (including phenoxy) is 1. The average Bonchev–Trinajstić information content (AvgIpc) is 2.49. The second-order valence-electron chi connectivity index (χ2n) is 4.06. The largest absolute Gasteiger partial charge is 0.374 e. The van der Waals surface area contributed by atoms with Gasteiger partial charge in [-0.15, -0.1) is 0 Å². The third kappa shape index (κ3) is 4.37. The minimum absolute atomic E-state index is 0.331. The summed E-state index contributed by atoms with van der Waals surface area (Å²) in [6.07, 6.45) is 0. The van der Waals surface area contributed by atoms with Gasteiger partial charge in [0, 0.05) is 21.6 Å². The van der Waals surface area contributed by atoms with E-state index in [1.165, 1.54) is 0 Å². The molecule has 21 heavy (non-hydrogen) atoms. The molecule has 0 saturated carbocycles. The van der Waals surface area contributed by atoms with E-state index in [1.54, 1.807) is 6.07 Å². The fourth-order valence-corrected chi connectivity index (χ4v) is 2.83. The molecule has 1 heterocycles. The van der Waals surface area contributed by atoms with Gasteiger partial charge in [0.05, 0.1) is 5.69 Å². The van der Waals surface area contributed by atoms with Gasteiger partial charge < -0.3 is 15.5 Å². The monoisotopic (exact) mass is 415 g/mol. The maximum Gasteiger partial charge on any atom is 0.158 e. The number of nitrogens with zero attached hydrogens (tertiary/aromatic N) is 2. The summed E-state index contributed by atoms with van der Waals surface area (Å²) in [6.45, 7) is 2.85. The molecular formula is C13H15Br2N5O. The number of nitrogens with one attached hydrogen (secondary N) is 2. The number of halogens is 2. The quantitative estimate of drug-likeness (QED) is 0.493. The zero-order valence-corrected chi connectivity index (χ0v) is 14.5. The number of benzene rings is 1. The topological polar surface area (TPSA) is 85.1 Å². The lowest BCUT2D eigenvalue weighted by Gasteiger charge is -2.12. The molecule has 1 aromatic heterocycles. The Bertz CT molecular complexity index is 603. The van der Waals surface area contributed by atoms with Crippen molar-refractivity contribution >= 4 is 49.2 Å². The standard InChI is InChI=1S/C13H15Br2N5O/c1-2-21-7-12-17-10(6-11(18-12)20-16)19-13-8(14)4-3-5-9(13)15/h3-6H,2,7,16H2,1H3,(H2,17,18,19,20). The van der Waals surface area contributed by atoms with Crippen LogP contribution in [-0.4, -0.2) is 16.6 Å². The summed E-state index contributed by atoms with van der Waals surface area (Å²) in [6, 6.07) is 7.54. The van der Waals surface area contributed by atoms with Crippen LogP contribution in [0.5, 0.6) is 0 Å². The molecule has 0 radical (unpaired) electrons. The molecule has 0 aliphatic heterocycles. The summed E-state index contributed by atoms with van der Waals surface area (Å²) >= 11 is 7.00. The van der Waals surface area contributed by atoms with Gasteiger partial charge in [-0.3, -0.25) is 0 Å². The summed E-state index contributed by atoms with van der Waals surface area (Å²) < 4.78 is 7.17. The predicted octanol–water partition coefficient (Wildman–Crippen LogP) is 3.57. The van der Waals surface area contributed by atoms with E-state index >= 15 is 0 Å². The number of hydrogen-bond donors (Lipinski definition) is 3. The molecule has 0 aliphatic carbocycles.